The van der Waals surface area contributed by atoms with Gasteiger partial charge in [-0.25, -0.2) is 0 Å². The van der Waals surface area contributed by atoms with E-state index in [1.54, 1.807) is 0 Å². The summed E-state index contributed by atoms with van der Waals surface area (Å²) in [5.41, 5.74) is 4.52. The summed E-state index contributed by atoms with van der Waals surface area (Å²) in [7, 11) is 0. The van der Waals surface area contributed by atoms with Gasteiger partial charge in [0.25, 0.3) is 5.91 Å². The average Bonchev–Trinajstić information content (AvgIpc) is 2.76. The first kappa shape index (κ1) is 19.1. The molecule has 2 aromatic rings. The molecule has 1 aromatic carbocycles. The Morgan fingerprint density at radius 3 is 2.61 bits per heavy atom. The third kappa shape index (κ3) is 4.42. The number of nitrogens with zero attached hydrogens (tertiary/aromatic N) is 3. The van der Waals surface area contributed by atoms with Crippen molar-refractivity contribution in [2.75, 3.05) is 39.3 Å². The molecule has 2 aliphatic heterocycles. The molecule has 4 rings (SSSR count). The van der Waals surface area contributed by atoms with Crippen molar-refractivity contribution in [3.8, 4) is 0 Å². The lowest BCUT2D eigenvalue weighted by molar-refractivity contribution is 0.0626. The van der Waals surface area contributed by atoms with Gasteiger partial charge in [0.05, 0.1) is 5.69 Å². The van der Waals surface area contributed by atoms with Crippen molar-refractivity contribution in [2.24, 2.45) is 0 Å². The summed E-state index contributed by atoms with van der Waals surface area (Å²) >= 11 is 0. The largest absolute Gasteiger partial charge is 0.336 e. The van der Waals surface area contributed by atoms with Crippen molar-refractivity contribution in [2.45, 2.75) is 32.2 Å². The van der Waals surface area contributed by atoms with Gasteiger partial charge in [0.1, 0.15) is 0 Å². The summed E-state index contributed by atoms with van der Waals surface area (Å²) in [6.45, 7) is 8.48. The summed E-state index contributed by atoms with van der Waals surface area (Å²) in [5.74, 6) is 0.735. The number of amides is 1. The Labute approximate surface area is 167 Å². The van der Waals surface area contributed by atoms with E-state index in [4.69, 9.17) is 0 Å². The second-order valence-electron chi connectivity index (χ2n) is 8.00. The Balaban J connectivity index is 1.31. The van der Waals surface area contributed by atoms with E-state index in [-0.39, 0.29) is 5.91 Å². The smallest absolute Gasteiger partial charge is 0.253 e. The number of carbonyl (C=O) groups excluding carboxylic acids is 1. The van der Waals surface area contributed by atoms with Gasteiger partial charge in [0, 0.05) is 51.0 Å². The zero-order valence-electron chi connectivity index (χ0n) is 16.7. The van der Waals surface area contributed by atoms with Crippen LogP contribution in [0.2, 0.25) is 0 Å². The zero-order chi connectivity index (χ0) is 19.3. The van der Waals surface area contributed by atoms with E-state index in [9.17, 15) is 4.79 Å². The highest BCUT2D eigenvalue weighted by atomic mass is 16.2. The maximum absolute atomic E-state index is 12.9. The number of aromatic nitrogens is 1. The highest BCUT2D eigenvalue weighted by molar-refractivity contribution is 5.94. The van der Waals surface area contributed by atoms with Crippen LogP contribution in [0.3, 0.4) is 0 Å². The monoisotopic (exact) mass is 378 g/mol. The van der Waals surface area contributed by atoms with Gasteiger partial charge < -0.3 is 10.2 Å². The van der Waals surface area contributed by atoms with Crippen LogP contribution in [0.4, 0.5) is 0 Å². The minimum atomic E-state index is 0.155. The van der Waals surface area contributed by atoms with Crippen LogP contribution in [0.5, 0.6) is 0 Å². The van der Waals surface area contributed by atoms with Crippen molar-refractivity contribution < 1.29 is 4.79 Å². The standard InChI is InChI=1S/C23H30N4O/c1-18-4-2-11-25-22(18)17-26-12-14-27(15-13-26)23(28)20-8-6-19(7-9-20)21-5-3-10-24-16-21/h2,4,6-9,11,21,24H,3,5,10,12-17H2,1H3. The third-order valence-electron chi connectivity index (χ3n) is 6.08. The van der Waals surface area contributed by atoms with Gasteiger partial charge in [-0.15, -0.1) is 0 Å². The number of rotatable bonds is 4. The van der Waals surface area contributed by atoms with Crippen LogP contribution < -0.4 is 5.32 Å². The molecule has 2 saturated heterocycles. The fraction of sp³-hybridized carbons (Fsp3) is 0.478. The number of hydrogen-bond donors (Lipinski definition) is 1. The van der Waals surface area contributed by atoms with Crippen LogP contribution >= 0.6 is 0 Å². The molecule has 1 aromatic heterocycles. The van der Waals surface area contributed by atoms with E-state index in [1.807, 2.05) is 29.3 Å². The fourth-order valence-corrected chi connectivity index (χ4v) is 4.22. The molecule has 0 spiro atoms. The van der Waals surface area contributed by atoms with Crippen molar-refractivity contribution in [3.05, 3.63) is 65.0 Å². The number of pyridine rings is 1. The minimum absolute atomic E-state index is 0.155. The molecule has 2 fully saturated rings. The summed E-state index contributed by atoms with van der Waals surface area (Å²) in [5, 5.41) is 3.46. The molecule has 1 unspecified atom stereocenters. The molecule has 5 nitrogen and oxygen atoms in total. The van der Waals surface area contributed by atoms with E-state index in [2.05, 4.69) is 40.3 Å². The lowest BCUT2D eigenvalue weighted by Gasteiger charge is -2.34. The summed E-state index contributed by atoms with van der Waals surface area (Å²) in [4.78, 5) is 21.8. The maximum Gasteiger partial charge on any atom is 0.253 e. The normalized spacial score (nSPS) is 20.9. The number of benzene rings is 1. The lowest BCUT2D eigenvalue weighted by atomic mass is 9.91. The molecule has 0 aliphatic carbocycles. The number of nitrogens with one attached hydrogen (secondary N) is 1. The van der Waals surface area contributed by atoms with Gasteiger partial charge in [0.15, 0.2) is 0 Å². The molecule has 1 N–H and O–H groups in total. The van der Waals surface area contributed by atoms with Crippen LogP contribution in [0.25, 0.3) is 0 Å². The summed E-state index contributed by atoms with van der Waals surface area (Å²) < 4.78 is 0. The summed E-state index contributed by atoms with van der Waals surface area (Å²) in [6.07, 6.45) is 4.32. The van der Waals surface area contributed by atoms with Crippen molar-refractivity contribution in [1.29, 1.82) is 0 Å². The summed E-state index contributed by atoms with van der Waals surface area (Å²) in [6, 6.07) is 12.4. The topological polar surface area (TPSA) is 48.5 Å². The fourth-order valence-electron chi connectivity index (χ4n) is 4.22. The molecule has 0 saturated carbocycles. The number of hydrogen-bond acceptors (Lipinski definition) is 4. The Kier molecular flexibility index (Phi) is 6.03. The molecular formula is C23H30N4O. The zero-order valence-corrected chi connectivity index (χ0v) is 16.7. The lowest BCUT2D eigenvalue weighted by Crippen LogP contribution is -2.48. The minimum Gasteiger partial charge on any atom is -0.336 e. The molecule has 1 amide bonds. The molecule has 28 heavy (non-hydrogen) atoms. The first-order valence-corrected chi connectivity index (χ1v) is 10.4. The second kappa shape index (κ2) is 8.84. The molecule has 0 bridgehead atoms. The quantitative estimate of drug-likeness (QED) is 0.889. The van der Waals surface area contributed by atoms with E-state index in [0.717, 1.165) is 57.1 Å². The highest BCUT2D eigenvalue weighted by Crippen LogP contribution is 2.23. The van der Waals surface area contributed by atoms with Crippen LogP contribution in [0.15, 0.2) is 42.6 Å². The van der Waals surface area contributed by atoms with Gasteiger partial charge in [-0.3, -0.25) is 14.7 Å². The molecule has 2 aliphatic rings. The predicted molar refractivity (Wildman–Crippen MR) is 111 cm³/mol. The Bertz CT molecular complexity index is 791. The van der Waals surface area contributed by atoms with Crippen molar-refractivity contribution >= 4 is 5.91 Å². The first-order chi connectivity index (χ1) is 13.7. The number of carbonyl (C=O) groups is 1. The van der Waals surface area contributed by atoms with E-state index < -0.39 is 0 Å². The van der Waals surface area contributed by atoms with E-state index in [1.165, 1.54) is 24.0 Å². The van der Waals surface area contributed by atoms with E-state index >= 15 is 0 Å². The van der Waals surface area contributed by atoms with Crippen LogP contribution in [-0.4, -0.2) is 60.0 Å². The Hall–Kier alpha value is -2.24. The molecule has 5 heteroatoms. The van der Waals surface area contributed by atoms with E-state index in [0.29, 0.717) is 5.92 Å². The SMILES string of the molecule is Cc1cccnc1CN1CCN(C(=O)c2ccc(C3CCCNC3)cc2)CC1. The number of aryl methyl sites for hydroxylation is 1. The molecule has 3 heterocycles. The molecular weight excluding hydrogens is 348 g/mol. The van der Waals surface area contributed by atoms with Crippen LogP contribution in [0.1, 0.15) is 45.9 Å². The third-order valence-corrected chi connectivity index (χ3v) is 6.08. The highest BCUT2D eigenvalue weighted by Gasteiger charge is 2.23. The van der Waals surface area contributed by atoms with Gasteiger partial charge >= 0.3 is 0 Å². The van der Waals surface area contributed by atoms with Crippen molar-refractivity contribution in [1.82, 2.24) is 20.1 Å². The van der Waals surface area contributed by atoms with Crippen molar-refractivity contribution in [3.63, 3.8) is 0 Å². The Morgan fingerprint density at radius 1 is 1.14 bits per heavy atom. The predicted octanol–water partition coefficient (Wildman–Crippen LogP) is 2.82. The van der Waals surface area contributed by atoms with Gasteiger partial charge in [-0.1, -0.05) is 18.2 Å². The molecule has 148 valence electrons. The number of piperidine rings is 1. The van der Waals surface area contributed by atoms with Gasteiger partial charge in [0.2, 0.25) is 0 Å². The van der Waals surface area contributed by atoms with Gasteiger partial charge in [-0.2, -0.15) is 0 Å². The van der Waals surface area contributed by atoms with Crippen LogP contribution in [0, 0.1) is 6.92 Å². The molecule has 1 atom stereocenters. The molecule has 0 radical (unpaired) electrons. The first-order valence-electron chi connectivity index (χ1n) is 10.4. The van der Waals surface area contributed by atoms with Crippen LogP contribution in [-0.2, 0) is 6.54 Å². The number of piperazine rings is 1. The maximum atomic E-state index is 12.9. The Morgan fingerprint density at radius 2 is 1.93 bits per heavy atom. The average molecular weight is 379 g/mol. The van der Waals surface area contributed by atoms with Gasteiger partial charge in [-0.05, 0) is 61.6 Å². The second-order valence-corrected chi connectivity index (χ2v) is 8.00.